The molecule has 3 heterocycles. The second kappa shape index (κ2) is 6.16. The first-order chi connectivity index (χ1) is 11.7. The molecule has 0 saturated carbocycles. The molecule has 0 spiro atoms. The summed E-state index contributed by atoms with van der Waals surface area (Å²) in [6, 6.07) is 7.22. The first-order valence-electron chi connectivity index (χ1n) is 7.93. The van der Waals surface area contributed by atoms with E-state index < -0.39 is 5.69 Å². The Hall–Kier alpha value is -2.54. The fraction of sp³-hybridized carbons (Fsp3) is 0.294. The van der Waals surface area contributed by atoms with E-state index in [2.05, 4.69) is 15.0 Å². The minimum atomic E-state index is -0.500. The minimum absolute atomic E-state index is 0.0360. The third-order valence-electron chi connectivity index (χ3n) is 4.34. The molecule has 3 aromatic rings. The first kappa shape index (κ1) is 15.0. The van der Waals surface area contributed by atoms with Crippen molar-refractivity contribution in [3.63, 3.8) is 0 Å². The number of hydrogen-bond acceptors (Lipinski definition) is 5. The fourth-order valence-corrected chi connectivity index (χ4v) is 4.02. The number of nitrogens with one attached hydrogen (secondary N) is 1. The largest absolute Gasteiger partial charge is 0.346 e. The molecule has 0 radical (unpaired) electrons. The predicted octanol–water partition coefficient (Wildman–Crippen LogP) is 2.75. The van der Waals surface area contributed by atoms with E-state index in [-0.39, 0.29) is 17.6 Å². The van der Waals surface area contributed by atoms with Crippen LogP contribution in [-0.4, -0.2) is 32.3 Å². The maximum Gasteiger partial charge on any atom is 0.346 e. The van der Waals surface area contributed by atoms with Crippen LogP contribution in [0.4, 0.5) is 0 Å². The van der Waals surface area contributed by atoms with Crippen molar-refractivity contribution in [1.82, 2.24) is 19.9 Å². The van der Waals surface area contributed by atoms with Gasteiger partial charge in [-0.2, -0.15) is 4.98 Å². The lowest BCUT2D eigenvalue weighted by atomic mass is 10.0. The highest BCUT2D eigenvalue weighted by Crippen LogP contribution is 2.33. The van der Waals surface area contributed by atoms with Crippen LogP contribution >= 0.6 is 11.3 Å². The summed E-state index contributed by atoms with van der Waals surface area (Å²) in [6.45, 7) is 0.659. The van der Waals surface area contributed by atoms with Crippen molar-refractivity contribution in [2.24, 2.45) is 0 Å². The number of aromatic amines is 1. The zero-order chi connectivity index (χ0) is 16.5. The van der Waals surface area contributed by atoms with Crippen molar-refractivity contribution in [2.75, 3.05) is 6.54 Å². The van der Waals surface area contributed by atoms with Crippen LogP contribution in [0.5, 0.6) is 0 Å². The topological polar surface area (TPSA) is 79.0 Å². The van der Waals surface area contributed by atoms with Gasteiger partial charge in [0.15, 0.2) is 0 Å². The highest BCUT2D eigenvalue weighted by molar-refractivity contribution is 7.09. The summed E-state index contributed by atoms with van der Waals surface area (Å²) in [7, 11) is 0. The number of carbonyl (C=O) groups excluding carboxylic acids is 1. The van der Waals surface area contributed by atoms with Gasteiger partial charge in [0.25, 0.3) is 5.91 Å². The van der Waals surface area contributed by atoms with Crippen LogP contribution in [0.1, 0.15) is 40.8 Å². The average Bonchev–Trinajstić information content (AvgIpc) is 3.15. The molecule has 2 aromatic heterocycles. The Morgan fingerprint density at radius 1 is 1.29 bits per heavy atom. The molecule has 24 heavy (non-hydrogen) atoms. The van der Waals surface area contributed by atoms with E-state index in [1.165, 1.54) is 0 Å². The second-order valence-corrected chi connectivity index (χ2v) is 6.74. The number of rotatable bonds is 2. The number of nitrogens with zero attached hydrogens (tertiary/aromatic N) is 3. The first-order valence-corrected chi connectivity index (χ1v) is 8.81. The number of H-pyrrole nitrogens is 1. The summed E-state index contributed by atoms with van der Waals surface area (Å²) in [5.74, 6) is -0.197. The Morgan fingerprint density at radius 3 is 3.00 bits per heavy atom. The van der Waals surface area contributed by atoms with E-state index in [1.807, 2.05) is 28.5 Å². The molecule has 0 aliphatic carbocycles. The molecule has 1 aromatic carbocycles. The number of benzene rings is 1. The van der Waals surface area contributed by atoms with Crippen LogP contribution in [0, 0.1) is 0 Å². The number of piperidine rings is 1. The van der Waals surface area contributed by atoms with Crippen LogP contribution in [-0.2, 0) is 0 Å². The van der Waals surface area contributed by atoms with Crippen molar-refractivity contribution >= 4 is 28.1 Å². The van der Waals surface area contributed by atoms with Gasteiger partial charge < -0.3 is 9.88 Å². The van der Waals surface area contributed by atoms with Gasteiger partial charge >= 0.3 is 5.69 Å². The van der Waals surface area contributed by atoms with Crippen LogP contribution in [0.25, 0.3) is 10.9 Å². The number of likely N-dealkylation sites (tertiary alicyclic amines) is 1. The van der Waals surface area contributed by atoms with Gasteiger partial charge in [-0.15, -0.1) is 11.3 Å². The molecule has 7 heteroatoms. The van der Waals surface area contributed by atoms with Crippen LogP contribution in [0.15, 0.2) is 40.6 Å². The van der Waals surface area contributed by atoms with E-state index in [0.717, 1.165) is 24.3 Å². The number of thiazole rings is 1. The van der Waals surface area contributed by atoms with Crippen LogP contribution in [0.3, 0.4) is 0 Å². The smallest absolute Gasteiger partial charge is 0.328 e. The average molecular weight is 340 g/mol. The van der Waals surface area contributed by atoms with E-state index >= 15 is 0 Å². The zero-order valence-corrected chi connectivity index (χ0v) is 13.8. The quantitative estimate of drug-likeness (QED) is 0.778. The van der Waals surface area contributed by atoms with Crippen LogP contribution in [0.2, 0.25) is 0 Å². The molecule has 4 rings (SSSR count). The molecule has 1 aliphatic rings. The molecule has 0 bridgehead atoms. The van der Waals surface area contributed by atoms with E-state index in [0.29, 0.717) is 17.4 Å². The van der Waals surface area contributed by atoms with Crippen molar-refractivity contribution in [2.45, 2.75) is 25.3 Å². The van der Waals surface area contributed by atoms with Gasteiger partial charge in [-0.25, -0.2) is 9.78 Å². The van der Waals surface area contributed by atoms with Gasteiger partial charge in [-0.3, -0.25) is 4.79 Å². The normalized spacial score (nSPS) is 18.0. The lowest BCUT2D eigenvalue weighted by molar-refractivity contribution is 0.0607. The Labute approximate surface area is 142 Å². The Bertz CT molecular complexity index is 935. The molecular weight excluding hydrogens is 324 g/mol. The summed E-state index contributed by atoms with van der Waals surface area (Å²) >= 11 is 1.56. The number of fused-ring (bicyclic) bond motifs is 1. The highest BCUT2D eigenvalue weighted by Gasteiger charge is 2.31. The second-order valence-electron chi connectivity index (χ2n) is 5.82. The molecule has 1 fully saturated rings. The van der Waals surface area contributed by atoms with E-state index in [1.54, 1.807) is 23.6 Å². The van der Waals surface area contributed by atoms with Crippen molar-refractivity contribution in [3.05, 3.63) is 57.0 Å². The molecular formula is C17H16N4O2S. The maximum absolute atomic E-state index is 13.2. The molecule has 0 unspecified atom stereocenters. The van der Waals surface area contributed by atoms with Crippen molar-refractivity contribution in [3.8, 4) is 0 Å². The number of para-hydroxylation sites is 1. The number of hydrogen-bond donors (Lipinski definition) is 1. The molecule has 6 nitrogen and oxygen atoms in total. The Morgan fingerprint density at radius 2 is 2.17 bits per heavy atom. The third kappa shape index (κ3) is 2.60. The predicted molar refractivity (Wildman–Crippen MR) is 92.1 cm³/mol. The van der Waals surface area contributed by atoms with Gasteiger partial charge in [-0.1, -0.05) is 18.2 Å². The van der Waals surface area contributed by atoms with Crippen LogP contribution < -0.4 is 5.69 Å². The lowest BCUT2D eigenvalue weighted by Gasteiger charge is -2.34. The number of amides is 1. The Kier molecular flexibility index (Phi) is 3.86. The van der Waals surface area contributed by atoms with E-state index in [9.17, 15) is 9.59 Å². The van der Waals surface area contributed by atoms with Gasteiger partial charge in [0.05, 0.1) is 11.6 Å². The van der Waals surface area contributed by atoms with Gasteiger partial charge in [0, 0.05) is 23.5 Å². The summed E-state index contributed by atoms with van der Waals surface area (Å²) in [6.07, 6.45) is 4.67. The monoisotopic (exact) mass is 340 g/mol. The standard InChI is InChI=1S/C17H16N4O2S/c22-16(14-11-5-1-2-6-12(11)19-17(23)20-14)21-9-4-3-7-13(21)15-18-8-10-24-15/h1-2,5-6,8,10,13H,3-4,7,9H2,(H,19,20,23)/t13-/m1/s1. The number of aromatic nitrogens is 3. The summed E-state index contributed by atoms with van der Waals surface area (Å²) < 4.78 is 0. The molecule has 1 atom stereocenters. The third-order valence-corrected chi connectivity index (χ3v) is 5.22. The zero-order valence-electron chi connectivity index (χ0n) is 12.9. The molecule has 1 aliphatic heterocycles. The van der Waals surface area contributed by atoms with E-state index in [4.69, 9.17) is 0 Å². The van der Waals surface area contributed by atoms with Crippen molar-refractivity contribution < 1.29 is 4.79 Å². The van der Waals surface area contributed by atoms with Gasteiger partial charge in [0.1, 0.15) is 10.7 Å². The fourth-order valence-electron chi connectivity index (χ4n) is 3.23. The highest BCUT2D eigenvalue weighted by atomic mass is 32.1. The minimum Gasteiger partial charge on any atom is -0.328 e. The molecule has 1 saturated heterocycles. The summed E-state index contributed by atoms with van der Waals surface area (Å²) in [5, 5.41) is 3.54. The summed E-state index contributed by atoms with van der Waals surface area (Å²) in [5.41, 5.74) is 0.348. The maximum atomic E-state index is 13.2. The lowest BCUT2D eigenvalue weighted by Crippen LogP contribution is -2.39. The SMILES string of the molecule is O=C(c1nc(=O)[nH]c2ccccc12)N1CCCC[C@@H]1c1nccs1. The Balaban J connectivity index is 1.79. The van der Waals surface area contributed by atoms with Gasteiger partial charge in [-0.05, 0) is 25.3 Å². The molecule has 1 amide bonds. The molecule has 122 valence electrons. The van der Waals surface area contributed by atoms with Gasteiger partial charge in [0.2, 0.25) is 0 Å². The molecule has 1 N–H and O–H groups in total. The number of carbonyl (C=O) groups is 1. The van der Waals surface area contributed by atoms with Crippen molar-refractivity contribution in [1.29, 1.82) is 0 Å². The summed E-state index contributed by atoms with van der Waals surface area (Å²) in [4.78, 5) is 37.9.